The smallest absolute Gasteiger partial charge is 0.139 e. The Balaban J connectivity index is 1.71. The number of hydrogen-bond donors (Lipinski definition) is 1. The van der Waals surface area contributed by atoms with Gasteiger partial charge in [-0.25, -0.2) is 0 Å². The Morgan fingerprint density at radius 1 is 1.20 bits per heavy atom. The van der Waals surface area contributed by atoms with Crippen LogP contribution in [0.15, 0.2) is 0 Å². The van der Waals surface area contributed by atoms with E-state index in [9.17, 15) is 5.11 Å². The summed E-state index contributed by atoms with van der Waals surface area (Å²) in [7, 11) is 6.11. The molecule has 0 unspecified atom stereocenters. The Hall–Kier alpha value is -0.0701. The molecule has 2 aliphatic rings. The molecule has 2 rings (SSSR count). The van der Waals surface area contributed by atoms with E-state index in [0.29, 0.717) is 24.4 Å². The van der Waals surface area contributed by atoms with E-state index in [1.54, 1.807) is 0 Å². The van der Waals surface area contributed by atoms with Crippen molar-refractivity contribution in [3.05, 3.63) is 0 Å². The van der Waals surface area contributed by atoms with Gasteiger partial charge in [-0.15, -0.1) is 0 Å². The molecule has 0 aromatic carbocycles. The number of aliphatic hydroxyl groups is 1. The van der Waals surface area contributed by atoms with Crippen molar-refractivity contribution in [3.63, 3.8) is 0 Å². The van der Waals surface area contributed by atoms with Crippen LogP contribution >= 0.6 is 0 Å². The van der Waals surface area contributed by atoms with Crippen LogP contribution in [-0.4, -0.2) is 76.9 Å². The molecule has 7 heteroatoms. The van der Waals surface area contributed by atoms with E-state index in [1.807, 2.05) is 12.1 Å². The average Bonchev–Trinajstić information content (AvgIpc) is 2.89. The van der Waals surface area contributed by atoms with E-state index in [-0.39, 0.29) is 24.8 Å². The van der Waals surface area contributed by atoms with Gasteiger partial charge in [0.05, 0.1) is 25.4 Å². The lowest BCUT2D eigenvalue weighted by Gasteiger charge is -2.25. The number of hydroxylamine groups is 2. The maximum atomic E-state index is 9.33. The lowest BCUT2D eigenvalue weighted by molar-refractivity contribution is -0.177. The molecule has 0 aromatic rings. The van der Waals surface area contributed by atoms with Crippen molar-refractivity contribution in [3.8, 4) is 0 Å². The first kappa shape index (κ1) is 16.3. The summed E-state index contributed by atoms with van der Waals surface area (Å²) in [5.41, 5.74) is 0. The van der Waals surface area contributed by atoms with Crippen LogP contribution in [0.2, 0.25) is 0 Å². The van der Waals surface area contributed by atoms with Gasteiger partial charge in [0.1, 0.15) is 15.7 Å². The van der Waals surface area contributed by atoms with Gasteiger partial charge in [-0.1, -0.05) is 6.92 Å². The first-order chi connectivity index (χ1) is 9.49. The predicted octanol–water partition coefficient (Wildman–Crippen LogP) is -1.41. The third kappa shape index (κ3) is 4.21. The molecule has 114 valence electrons. The summed E-state index contributed by atoms with van der Waals surface area (Å²) in [4.78, 5) is 5.81. The van der Waals surface area contributed by atoms with E-state index in [1.165, 1.54) is 0 Å². The first-order valence-corrected chi connectivity index (χ1v) is 7.75. The van der Waals surface area contributed by atoms with E-state index >= 15 is 0 Å². The number of nitrogens with zero attached hydrogens (tertiary/aromatic N) is 1. The summed E-state index contributed by atoms with van der Waals surface area (Å²) in [6.07, 6.45) is 2.22. The van der Waals surface area contributed by atoms with Crippen molar-refractivity contribution in [2.75, 3.05) is 26.8 Å². The van der Waals surface area contributed by atoms with Crippen LogP contribution in [0.5, 0.6) is 0 Å². The molecular weight excluding hydrogens is 256 g/mol. The molecule has 0 amide bonds. The lowest BCUT2D eigenvalue weighted by Crippen LogP contribution is -2.34. The van der Waals surface area contributed by atoms with Crippen molar-refractivity contribution < 1.29 is 19.4 Å². The SMILES string of the molecule is B[C@H]1C[C@@H](CN(C)OC[C@H]2O[C@@H](B)C[C@H]2C)[C@@H](CO)O1. The second kappa shape index (κ2) is 7.27. The molecule has 0 aliphatic carbocycles. The van der Waals surface area contributed by atoms with Gasteiger partial charge in [0.25, 0.3) is 0 Å². The van der Waals surface area contributed by atoms with Crippen molar-refractivity contribution in [2.45, 2.75) is 44.0 Å². The summed E-state index contributed by atoms with van der Waals surface area (Å²) < 4.78 is 11.5. The van der Waals surface area contributed by atoms with Crippen LogP contribution in [0, 0.1) is 11.8 Å². The second-order valence-corrected chi connectivity index (χ2v) is 6.47. The Labute approximate surface area is 123 Å². The van der Waals surface area contributed by atoms with E-state index < -0.39 is 0 Å². The largest absolute Gasteiger partial charge is 0.394 e. The summed E-state index contributed by atoms with van der Waals surface area (Å²) in [6.45, 7) is 3.69. The molecule has 1 N–H and O–H groups in total. The van der Waals surface area contributed by atoms with Gasteiger partial charge < -0.3 is 14.6 Å². The monoisotopic (exact) mass is 283 g/mol. The molecular formula is C13H27B2NO4. The Morgan fingerprint density at radius 2 is 1.85 bits per heavy atom. The minimum Gasteiger partial charge on any atom is -0.394 e. The zero-order valence-electron chi connectivity index (χ0n) is 13.1. The number of ether oxygens (including phenoxy) is 2. The summed E-state index contributed by atoms with van der Waals surface area (Å²) >= 11 is 0. The highest BCUT2D eigenvalue weighted by atomic mass is 16.7. The maximum Gasteiger partial charge on any atom is 0.139 e. The van der Waals surface area contributed by atoms with Crippen molar-refractivity contribution >= 4 is 15.7 Å². The van der Waals surface area contributed by atoms with Gasteiger partial charge in [0.2, 0.25) is 0 Å². The quantitative estimate of drug-likeness (QED) is 0.479. The maximum absolute atomic E-state index is 9.33. The van der Waals surface area contributed by atoms with Crippen molar-refractivity contribution in [1.29, 1.82) is 0 Å². The van der Waals surface area contributed by atoms with Gasteiger partial charge in [0, 0.05) is 31.5 Å². The van der Waals surface area contributed by atoms with Crippen LogP contribution in [0.4, 0.5) is 0 Å². The highest BCUT2D eigenvalue weighted by Crippen LogP contribution is 2.27. The average molecular weight is 283 g/mol. The molecule has 0 spiro atoms. The Morgan fingerprint density at radius 3 is 2.45 bits per heavy atom. The summed E-state index contributed by atoms with van der Waals surface area (Å²) in [5, 5.41) is 11.2. The number of hydrogen-bond acceptors (Lipinski definition) is 5. The molecule has 2 fully saturated rings. The van der Waals surface area contributed by atoms with Crippen LogP contribution in [0.25, 0.3) is 0 Å². The first-order valence-electron chi connectivity index (χ1n) is 7.75. The standard InChI is InChI=1S/C13H27B2NO4/c1-8-3-12(14)20-11(8)7-18-16(2)5-9-4-13(15)19-10(9)6-17/h8-13,17H,3-7,14-15H2,1-2H3/t8-,9+,10-,11-,12-,13-/m1/s1. The lowest BCUT2D eigenvalue weighted by atomic mass is 9.91. The molecule has 0 radical (unpaired) electrons. The Kier molecular flexibility index (Phi) is 5.93. The molecule has 2 aliphatic heterocycles. The van der Waals surface area contributed by atoms with Gasteiger partial charge in [-0.2, -0.15) is 5.06 Å². The van der Waals surface area contributed by atoms with Gasteiger partial charge in [0.15, 0.2) is 0 Å². The molecule has 0 saturated carbocycles. The van der Waals surface area contributed by atoms with Crippen LogP contribution in [0.1, 0.15) is 19.8 Å². The molecule has 0 aromatic heterocycles. The minimum atomic E-state index is -0.0577. The molecule has 20 heavy (non-hydrogen) atoms. The van der Waals surface area contributed by atoms with Crippen molar-refractivity contribution in [2.24, 2.45) is 11.8 Å². The molecule has 0 bridgehead atoms. The molecule has 2 heterocycles. The second-order valence-electron chi connectivity index (χ2n) is 6.47. The Bertz CT molecular complexity index is 310. The zero-order chi connectivity index (χ0) is 14.7. The number of rotatable bonds is 6. The molecule has 6 atom stereocenters. The predicted molar refractivity (Wildman–Crippen MR) is 82.0 cm³/mol. The normalized spacial score (nSPS) is 41.6. The number of aliphatic hydroxyl groups excluding tert-OH is 1. The molecule has 2 saturated heterocycles. The summed E-state index contributed by atoms with van der Waals surface area (Å²) in [6, 6.07) is 0.566. The highest BCUT2D eigenvalue weighted by molar-refractivity contribution is 6.11. The highest BCUT2D eigenvalue weighted by Gasteiger charge is 2.34. The van der Waals surface area contributed by atoms with Crippen molar-refractivity contribution in [1.82, 2.24) is 5.06 Å². The minimum absolute atomic E-state index is 0.0577. The van der Waals surface area contributed by atoms with E-state index in [4.69, 9.17) is 14.3 Å². The van der Waals surface area contributed by atoms with Gasteiger partial charge in [-0.05, 0) is 18.8 Å². The third-order valence-corrected chi connectivity index (χ3v) is 4.44. The fourth-order valence-corrected chi connectivity index (χ4v) is 3.38. The van der Waals surface area contributed by atoms with Gasteiger partial charge >= 0.3 is 0 Å². The fraction of sp³-hybridized carbons (Fsp3) is 1.00. The summed E-state index contributed by atoms with van der Waals surface area (Å²) in [5.74, 6) is 0.888. The topological polar surface area (TPSA) is 51.2 Å². The zero-order valence-corrected chi connectivity index (χ0v) is 13.1. The van der Waals surface area contributed by atoms with E-state index in [2.05, 4.69) is 22.6 Å². The molecule has 5 nitrogen and oxygen atoms in total. The van der Waals surface area contributed by atoms with Crippen LogP contribution in [0.3, 0.4) is 0 Å². The van der Waals surface area contributed by atoms with Crippen LogP contribution < -0.4 is 0 Å². The fourth-order valence-electron chi connectivity index (χ4n) is 3.38. The van der Waals surface area contributed by atoms with Gasteiger partial charge in [-0.3, -0.25) is 4.84 Å². The van der Waals surface area contributed by atoms with Crippen LogP contribution in [-0.2, 0) is 14.3 Å². The third-order valence-electron chi connectivity index (χ3n) is 4.44. The van der Waals surface area contributed by atoms with E-state index in [0.717, 1.165) is 19.4 Å².